The second kappa shape index (κ2) is 6.62. The molecule has 1 aromatic carbocycles. The van der Waals surface area contributed by atoms with Gasteiger partial charge in [-0.25, -0.2) is 0 Å². The molecule has 1 aromatic heterocycles. The van der Waals surface area contributed by atoms with Gasteiger partial charge in [0.1, 0.15) is 12.3 Å². The first-order valence-electron chi connectivity index (χ1n) is 7.27. The number of ether oxygens (including phenoxy) is 2. The maximum absolute atomic E-state index is 12.0. The van der Waals surface area contributed by atoms with Crippen LogP contribution in [0, 0.1) is 0 Å². The molecule has 116 valence electrons. The smallest absolute Gasteiger partial charge is 0.241 e. The number of aromatic nitrogens is 2. The lowest BCUT2D eigenvalue weighted by atomic mass is 10.2. The quantitative estimate of drug-likeness (QED) is 0.903. The second-order valence-electron chi connectivity index (χ2n) is 5.23. The highest BCUT2D eigenvalue weighted by molar-refractivity contribution is 5.75. The molecule has 1 aliphatic rings. The van der Waals surface area contributed by atoms with Gasteiger partial charge in [0.25, 0.3) is 0 Å². The Bertz CT molecular complexity index is 626. The van der Waals surface area contributed by atoms with Crippen LogP contribution in [0.1, 0.15) is 16.8 Å². The number of fused-ring (bicyclic) bond motifs is 1. The van der Waals surface area contributed by atoms with Gasteiger partial charge in [-0.3, -0.25) is 9.48 Å². The van der Waals surface area contributed by atoms with Crippen LogP contribution in [-0.2, 0) is 35.6 Å². The zero-order valence-corrected chi connectivity index (χ0v) is 12.5. The molecular formula is C16H19N3O3. The summed E-state index contributed by atoms with van der Waals surface area (Å²) in [4.78, 5) is 12.0. The minimum absolute atomic E-state index is 0.0587. The van der Waals surface area contributed by atoms with Gasteiger partial charge in [0.2, 0.25) is 5.91 Å². The van der Waals surface area contributed by atoms with Crippen LogP contribution in [0.4, 0.5) is 0 Å². The number of nitrogens with one attached hydrogen (secondary N) is 1. The zero-order valence-electron chi connectivity index (χ0n) is 12.5. The third-order valence-electron chi connectivity index (χ3n) is 3.62. The van der Waals surface area contributed by atoms with E-state index in [1.54, 1.807) is 11.8 Å². The first-order chi connectivity index (χ1) is 10.7. The Kier molecular flexibility index (Phi) is 4.39. The van der Waals surface area contributed by atoms with E-state index in [4.69, 9.17) is 9.47 Å². The summed E-state index contributed by atoms with van der Waals surface area (Å²) in [7, 11) is 1.63. The molecule has 3 rings (SSSR count). The first-order valence-corrected chi connectivity index (χ1v) is 7.27. The average Bonchev–Trinajstić information content (AvgIpc) is 2.95. The molecular weight excluding hydrogens is 282 g/mol. The van der Waals surface area contributed by atoms with Crippen LogP contribution >= 0.6 is 0 Å². The van der Waals surface area contributed by atoms with Crippen molar-refractivity contribution in [2.75, 3.05) is 13.7 Å². The van der Waals surface area contributed by atoms with Gasteiger partial charge in [-0.1, -0.05) is 12.1 Å². The summed E-state index contributed by atoms with van der Waals surface area (Å²) in [6, 6.07) is 7.62. The molecule has 0 fully saturated rings. The predicted molar refractivity (Wildman–Crippen MR) is 80.4 cm³/mol. The molecule has 0 unspecified atom stereocenters. The third-order valence-corrected chi connectivity index (χ3v) is 3.62. The Morgan fingerprint density at radius 3 is 2.95 bits per heavy atom. The zero-order chi connectivity index (χ0) is 15.4. The van der Waals surface area contributed by atoms with Crippen LogP contribution in [0.25, 0.3) is 0 Å². The van der Waals surface area contributed by atoms with Crippen LogP contribution in [0.5, 0.6) is 5.75 Å². The van der Waals surface area contributed by atoms with Crippen LogP contribution < -0.4 is 10.1 Å². The van der Waals surface area contributed by atoms with E-state index < -0.39 is 0 Å². The van der Waals surface area contributed by atoms with E-state index in [9.17, 15) is 4.79 Å². The number of rotatable bonds is 5. The lowest BCUT2D eigenvalue weighted by Gasteiger charge is -2.08. The highest BCUT2D eigenvalue weighted by Gasteiger charge is 2.14. The molecule has 6 heteroatoms. The SMILES string of the molecule is COc1ccc(CNC(=O)Cn2cc3c(n2)CCOC3)cc1. The van der Waals surface area contributed by atoms with Crippen molar-refractivity contribution in [1.82, 2.24) is 15.1 Å². The Morgan fingerprint density at radius 1 is 1.41 bits per heavy atom. The molecule has 0 bridgehead atoms. The molecule has 1 N–H and O–H groups in total. The molecule has 2 aromatic rings. The van der Waals surface area contributed by atoms with Gasteiger partial charge in [0.05, 0.1) is 26.0 Å². The number of benzene rings is 1. The maximum Gasteiger partial charge on any atom is 0.241 e. The van der Waals surface area contributed by atoms with Crippen molar-refractivity contribution < 1.29 is 14.3 Å². The molecule has 0 aliphatic carbocycles. The highest BCUT2D eigenvalue weighted by atomic mass is 16.5. The largest absolute Gasteiger partial charge is 0.497 e. The van der Waals surface area contributed by atoms with Gasteiger partial charge < -0.3 is 14.8 Å². The van der Waals surface area contributed by atoms with Gasteiger partial charge in [0, 0.05) is 24.7 Å². The standard InChI is InChI=1S/C16H19N3O3/c1-21-14-4-2-12(3-5-14)8-17-16(20)10-19-9-13-11-22-7-6-15(13)18-19/h2-5,9H,6-8,10-11H2,1H3,(H,17,20). The van der Waals surface area contributed by atoms with E-state index in [1.165, 1.54) is 0 Å². The van der Waals surface area contributed by atoms with E-state index in [2.05, 4.69) is 10.4 Å². The summed E-state index contributed by atoms with van der Waals surface area (Å²) in [5.74, 6) is 0.746. The molecule has 0 radical (unpaired) electrons. The summed E-state index contributed by atoms with van der Waals surface area (Å²) in [6.07, 6.45) is 2.71. The fraction of sp³-hybridized carbons (Fsp3) is 0.375. The number of carbonyl (C=O) groups is 1. The molecule has 22 heavy (non-hydrogen) atoms. The van der Waals surface area contributed by atoms with Gasteiger partial charge in [-0.15, -0.1) is 0 Å². The lowest BCUT2D eigenvalue weighted by Crippen LogP contribution is -2.27. The van der Waals surface area contributed by atoms with Crippen molar-refractivity contribution >= 4 is 5.91 Å². The van der Waals surface area contributed by atoms with Crippen molar-refractivity contribution in [3.63, 3.8) is 0 Å². The van der Waals surface area contributed by atoms with Gasteiger partial charge >= 0.3 is 0 Å². The van der Waals surface area contributed by atoms with E-state index in [-0.39, 0.29) is 12.5 Å². The van der Waals surface area contributed by atoms with Crippen molar-refractivity contribution in [3.8, 4) is 5.75 Å². The molecule has 0 saturated heterocycles. The fourth-order valence-electron chi connectivity index (χ4n) is 2.41. The normalized spacial score (nSPS) is 13.5. The summed E-state index contributed by atoms with van der Waals surface area (Å²) < 4.78 is 12.2. The van der Waals surface area contributed by atoms with E-state index in [0.29, 0.717) is 19.8 Å². The monoisotopic (exact) mass is 301 g/mol. The number of nitrogens with zero attached hydrogens (tertiary/aromatic N) is 2. The Labute approximate surface area is 129 Å². The number of hydrogen-bond donors (Lipinski definition) is 1. The minimum atomic E-state index is -0.0587. The van der Waals surface area contributed by atoms with Gasteiger partial charge in [0.15, 0.2) is 0 Å². The van der Waals surface area contributed by atoms with Crippen molar-refractivity contribution in [1.29, 1.82) is 0 Å². The molecule has 6 nitrogen and oxygen atoms in total. The summed E-state index contributed by atoms with van der Waals surface area (Å²) in [5.41, 5.74) is 3.14. The second-order valence-corrected chi connectivity index (χ2v) is 5.23. The number of amides is 1. The van der Waals surface area contributed by atoms with Crippen LogP contribution in [0.2, 0.25) is 0 Å². The van der Waals surface area contributed by atoms with Crippen LogP contribution in [-0.4, -0.2) is 29.4 Å². The first kappa shape index (κ1) is 14.6. The van der Waals surface area contributed by atoms with Crippen molar-refractivity contribution in [3.05, 3.63) is 47.3 Å². The van der Waals surface area contributed by atoms with Crippen LogP contribution in [0.15, 0.2) is 30.5 Å². The van der Waals surface area contributed by atoms with Crippen molar-refractivity contribution in [2.45, 2.75) is 26.1 Å². The predicted octanol–water partition coefficient (Wildman–Crippen LogP) is 1.28. The number of hydrogen-bond acceptors (Lipinski definition) is 4. The fourth-order valence-corrected chi connectivity index (χ4v) is 2.41. The Balaban J connectivity index is 1.52. The topological polar surface area (TPSA) is 65.4 Å². The van der Waals surface area contributed by atoms with E-state index in [1.807, 2.05) is 30.5 Å². The summed E-state index contributed by atoms with van der Waals surface area (Å²) in [6.45, 7) is 2.01. The Hall–Kier alpha value is -2.34. The maximum atomic E-state index is 12.0. The number of methoxy groups -OCH3 is 1. The molecule has 1 amide bonds. The van der Waals surface area contributed by atoms with Gasteiger partial charge in [-0.05, 0) is 17.7 Å². The van der Waals surface area contributed by atoms with E-state index in [0.717, 1.165) is 29.0 Å². The van der Waals surface area contributed by atoms with Crippen LogP contribution in [0.3, 0.4) is 0 Å². The Morgan fingerprint density at radius 2 is 2.23 bits per heavy atom. The highest BCUT2D eigenvalue weighted by Crippen LogP contribution is 2.14. The summed E-state index contributed by atoms with van der Waals surface area (Å²) >= 11 is 0. The third kappa shape index (κ3) is 3.46. The van der Waals surface area contributed by atoms with E-state index >= 15 is 0 Å². The lowest BCUT2D eigenvalue weighted by molar-refractivity contribution is -0.122. The minimum Gasteiger partial charge on any atom is -0.497 e. The average molecular weight is 301 g/mol. The van der Waals surface area contributed by atoms with Crippen molar-refractivity contribution in [2.24, 2.45) is 0 Å². The molecule has 0 spiro atoms. The van der Waals surface area contributed by atoms with Gasteiger partial charge in [-0.2, -0.15) is 5.10 Å². The summed E-state index contributed by atoms with van der Waals surface area (Å²) in [5, 5.41) is 7.32. The molecule has 2 heterocycles. The molecule has 1 aliphatic heterocycles. The number of carbonyl (C=O) groups excluding carboxylic acids is 1. The molecule has 0 saturated carbocycles. The molecule has 0 atom stereocenters.